The zero-order valence-corrected chi connectivity index (χ0v) is 23.9. The molecule has 0 aliphatic rings. The monoisotopic (exact) mass is 551 g/mol. The van der Waals surface area contributed by atoms with Crippen LogP contribution >= 0.6 is 0 Å². The van der Waals surface area contributed by atoms with E-state index in [0.717, 1.165) is 21.9 Å². The molecule has 0 aliphatic carbocycles. The van der Waals surface area contributed by atoms with Crippen LogP contribution in [0.4, 0.5) is 5.69 Å². The predicted octanol–water partition coefficient (Wildman–Crippen LogP) is 4.39. The van der Waals surface area contributed by atoms with E-state index in [0.29, 0.717) is 11.4 Å². The van der Waals surface area contributed by atoms with E-state index in [-0.39, 0.29) is 23.4 Å². The molecule has 0 bridgehead atoms. The second kappa shape index (κ2) is 13.3. The van der Waals surface area contributed by atoms with Crippen molar-refractivity contribution in [2.75, 3.05) is 18.0 Å². The minimum Gasteiger partial charge on any atom is -0.497 e. The number of aryl methyl sites for hydroxylation is 1. The zero-order valence-electron chi connectivity index (χ0n) is 23.1. The fourth-order valence-electron chi connectivity index (χ4n) is 4.10. The SMILES string of the molecule is CCc1ccc(N(CC(=O)N(Cc2cccc(OC)c2)C(C)C(=O)NC(C)C)S(=O)(=O)c2ccccc2)cc1. The molecule has 3 aromatic rings. The first-order valence-electron chi connectivity index (χ1n) is 13.0. The Labute approximate surface area is 231 Å². The maximum atomic E-state index is 13.9. The lowest BCUT2D eigenvalue weighted by atomic mass is 10.1. The second-order valence-electron chi connectivity index (χ2n) is 9.56. The van der Waals surface area contributed by atoms with Gasteiger partial charge in [0.15, 0.2) is 0 Å². The number of nitrogens with zero attached hydrogens (tertiary/aromatic N) is 2. The number of anilines is 1. The Morgan fingerprint density at radius 2 is 1.56 bits per heavy atom. The fourth-order valence-corrected chi connectivity index (χ4v) is 5.54. The normalized spacial score (nSPS) is 12.1. The van der Waals surface area contributed by atoms with E-state index in [1.807, 2.05) is 39.0 Å². The number of amides is 2. The first-order chi connectivity index (χ1) is 18.6. The number of nitrogens with one attached hydrogen (secondary N) is 1. The summed E-state index contributed by atoms with van der Waals surface area (Å²) in [5.74, 6) is -0.224. The van der Waals surface area contributed by atoms with Crippen LogP contribution in [0.3, 0.4) is 0 Å². The van der Waals surface area contributed by atoms with Crippen LogP contribution in [0.25, 0.3) is 0 Å². The van der Waals surface area contributed by atoms with Gasteiger partial charge in [0.1, 0.15) is 18.3 Å². The summed E-state index contributed by atoms with van der Waals surface area (Å²) in [4.78, 5) is 28.4. The summed E-state index contributed by atoms with van der Waals surface area (Å²) in [6.07, 6.45) is 0.793. The molecule has 39 heavy (non-hydrogen) atoms. The van der Waals surface area contributed by atoms with E-state index >= 15 is 0 Å². The van der Waals surface area contributed by atoms with Gasteiger partial charge in [-0.2, -0.15) is 0 Å². The lowest BCUT2D eigenvalue weighted by molar-refractivity contribution is -0.139. The highest BCUT2D eigenvalue weighted by Crippen LogP contribution is 2.25. The van der Waals surface area contributed by atoms with Gasteiger partial charge in [-0.05, 0) is 74.7 Å². The Morgan fingerprint density at radius 1 is 0.897 bits per heavy atom. The molecule has 208 valence electrons. The molecular formula is C30H37N3O5S. The molecule has 1 N–H and O–H groups in total. The van der Waals surface area contributed by atoms with Crippen molar-refractivity contribution < 1.29 is 22.7 Å². The topological polar surface area (TPSA) is 96.0 Å². The van der Waals surface area contributed by atoms with Crippen LogP contribution in [0.5, 0.6) is 5.75 Å². The first-order valence-corrected chi connectivity index (χ1v) is 14.4. The average Bonchev–Trinajstić information content (AvgIpc) is 2.94. The Kier molecular flexibility index (Phi) is 10.1. The number of methoxy groups -OCH3 is 1. The maximum Gasteiger partial charge on any atom is 0.264 e. The van der Waals surface area contributed by atoms with E-state index in [1.54, 1.807) is 62.6 Å². The van der Waals surface area contributed by atoms with Crippen molar-refractivity contribution in [2.24, 2.45) is 0 Å². The summed E-state index contributed by atoms with van der Waals surface area (Å²) in [5.41, 5.74) is 2.16. The quantitative estimate of drug-likeness (QED) is 0.360. The molecule has 0 saturated heterocycles. The summed E-state index contributed by atoms with van der Waals surface area (Å²) in [6.45, 7) is 6.95. The Balaban J connectivity index is 2.03. The third kappa shape index (κ3) is 7.60. The molecule has 0 heterocycles. The largest absolute Gasteiger partial charge is 0.497 e. The van der Waals surface area contributed by atoms with Crippen molar-refractivity contribution in [2.45, 2.75) is 57.6 Å². The van der Waals surface area contributed by atoms with Gasteiger partial charge in [-0.25, -0.2) is 8.42 Å². The zero-order chi connectivity index (χ0) is 28.6. The Hall–Kier alpha value is -3.85. The molecule has 8 nitrogen and oxygen atoms in total. The second-order valence-corrected chi connectivity index (χ2v) is 11.4. The van der Waals surface area contributed by atoms with Gasteiger partial charge in [0.2, 0.25) is 11.8 Å². The van der Waals surface area contributed by atoms with Crippen molar-refractivity contribution in [3.05, 3.63) is 90.0 Å². The molecule has 0 fully saturated rings. The van der Waals surface area contributed by atoms with Crippen molar-refractivity contribution in [1.29, 1.82) is 0 Å². The van der Waals surface area contributed by atoms with Crippen LogP contribution < -0.4 is 14.4 Å². The van der Waals surface area contributed by atoms with Gasteiger partial charge in [-0.1, -0.05) is 49.4 Å². The van der Waals surface area contributed by atoms with E-state index in [4.69, 9.17) is 4.74 Å². The number of carbonyl (C=O) groups is 2. The summed E-state index contributed by atoms with van der Waals surface area (Å²) in [5, 5.41) is 2.85. The minimum absolute atomic E-state index is 0.0716. The summed E-state index contributed by atoms with van der Waals surface area (Å²) >= 11 is 0. The molecule has 0 spiro atoms. The lowest BCUT2D eigenvalue weighted by Crippen LogP contribution is -2.52. The van der Waals surface area contributed by atoms with Crippen molar-refractivity contribution >= 4 is 27.5 Å². The number of sulfonamides is 1. The standard InChI is InChI=1S/C30H37N3O5S/c1-6-24-15-17-26(18-16-24)33(39(36,37)28-13-8-7-9-14-28)21-29(34)32(23(4)30(35)31-22(2)3)20-25-11-10-12-27(19-25)38-5/h7-19,22-23H,6,20-21H2,1-5H3,(H,31,35). The highest BCUT2D eigenvalue weighted by Gasteiger charge is 2.32. The molecular weight excluding hydrogens is 514 g/mol. The fraction of sp³-hybridized carbons (Fsp3) is 0.333. The molecule has 1 unspecified atom stereocenters. The number of benzene rings is 3. The van der Waals surface area contributed by atoms with Crippen LogP contribution in [0.1, 0.15) is 38.8 Å². The third-order valence-corrected chi connectivity index (χ3v) is 8.12. The van der Waals surface area contributed by atoms with Gasteiger partial charge in [0, 0.05) is 12.6 Å². The van der Waals surface area contributed by atoms with Gasteiger partial charge < -0.3 is 15.0 Å². The van der Waals surface area contributed by atoms with Gasteiger partial charge in [-0.3, -0.25) is 13.9 Å². The van der Waals surface area contributed by atoms with E-state index in [9.17, 15) is 18.0 Å². The molecule has 2 amide bonds. The molecule has 0 aliphatic heterocycles. The Morgan fingerprint density at radius 3 is 2.15 bits per heavy atom. The lowest BCUT2D eigenvalue weighted by Gasteiger charge is -2.32. The van der Waals surface area contributed by atoms with Gasteiger partial charge in [0.05, 0.1) is 17.7 Å². The van der Waals surface area contributed by atoms with Crippen LogP contribution in [-0.4, -0.2) is 50.9 Å². The molecule has 3 aromatic carbocycles. The van der Waals surface area contributed by atoms with Crippen molar-refractivity contribution in [3.63, 3.8) is 0 Å². The highest BCUT2D eigenvalue weighted by molar-refractivity contribution is 7.92. The molecule has 9 heteroatoms. The molecule has 0 radical (unpaired) electrons. The molecule has 1 atom stereocenters. The first kappa shape index (κ1) is 29.7. The van der Waals surface area contributed by atoms with Gasteiger partial charge in [0.25, 0.3) is 10.0 Å². The maximum absolute atomic E-state index is 13.9. The van der Waals surface area contributed by atoms with E-state index < -0.39 is 28.5 Å². The summed E-state index contributed by atoms with van der Waals surface area (Å²) in [7, 11) is -2.53. The van der Waals surface area contributed by atoms with Gasteiger partial charge >= 0.3 is 0 Å². The van der Waals surface area contributed by atoms with Gasteiger partial charge in [-0.15, -0.1) is 0 Å². The number of ether oxygens (including phenoxy) is 1. The number of rotatable bonds is 12. The number of hydrogen-bond donors (Lipinski definition) is 1. The van der Waals surface area contributed by atoms with Crippen molar-refractivity contribution in [3.8, 4) is 5.75 Å². The predicted molar refractivity (Wildman–Crippen MR) is 153 cm³/mol. The number of hydrogen-bond acceptors (Lipinski definition) is 5. The minimum atomic E-state index is -4.09. The highest BCUT2D eigenvalue weighted by atomic mass is 32.2. The summed E-state index contributed by atoms with van der Waals surface area (Å²) in [6, 6.07) is 21.3. The van der Waals surface area contributed by atoms with Crippen molar-refractivity contribution in [1.82, 2.24) is 10.2 Å². The number of carbonyl (C=O) groups excluding carboxylic acids is 2. The van der Waals surface area contributed by atoms with Crippen LogP contribution in [0.15, 0.2) is 83.8 Å². The average molecular weight is 552 g/mol. The van der Waals surface area contributed by atoms with Crippen LogP contribution in [0, 0.1) is 0 Å². The molecule has 0 saturated carbocycles. The smallest absolute Gasteiger partial charge is 0.264 e. The third-order valence-electron chi connectivity index (χ3n) is 6.33. The molecule has 0 aromatic heterocycles. The molecule has 3 rings (SSSR count). The van der Waals surface area contributed by atoms with E-state index in [2.05, 4.69) is 5.32 Å². The van der Waals surface area contributed by atoms with E-state index in [1.165, 1.54) is 17.0 Å². The Bertz CT molecular complexity index is 1360. The summed E-state index contributed by atoms with van der Waals surface area (Å²) < 4.78 is 34.0. The van der Waals surface area contributed by atoms with Crippen LogP contribution in [0.2, 0.25) is 0 Å². The van der Waals surface area contributed by atoms with Crippen LogP contribution in [-0.2, 0) is 32.6 Å².